The Bertz CT molecular complexity index is 373. The van der Waals surface area contributed by atoms with Gasteiger partial charge < -0.3 is 5.11 Å². The second-order valence-corrected chi connectivity index (χ2v) is 5.23. The minimum Gasteiger partial charge on any atom is -0.393 e. The molecule has 1 saturated heterocycles. The zero-order valence-electron chi connectivity index (χ0n) is 11.1. The number of aliphatic hydroxyl groups is 1. The Balaban J connectivity index is 2.00. The molecule has 1 N–H and O–H groups in total. The van der Waals surface area contributed by atoms with Gasteiger partial charge in [-0.15, -0.1) is 0 Å². The third-order valence-corrected chi connectivity index (χ3v) is 3.82. The molecule has 0 aromatic carbocycles. The van der Waals surface area contributed by atoms with Crippen LogP contribution in [0.1, 0.15) is 37.4 Å². The maximum absolute atomic E-state index is 9.51. The fourth-order valence-electron chi connectivity index (χ4n) is 2.68. The monoisotopic (exact) mass is 237 g/mol. The van der Waals surface area contributed by atoms with E-state index in [1.54, 1.807) is 0 Å². The highest BCUT2D eigenvalue weighted by Gasteiger charge is 2.26. The molecule has 2 heterocycles. The molecule has 1 aliphatic heterocycles. The number of nitrogens with zero attached hydrogens (tertiary/aromatic N) is 3. The molecular weight excluding hydrogens is 214 g/mol. The molecule has 0 radical (unpaired) electrons. The summed E-state index contributed by atoms with van der Waals surface area (Å²) in [7, 11) is 1.98. The number of hydrogen-bond donors (Lipinski definition) is 1. The van der Waals surface area contributed by atoms with Gasteiger partial charge in [-0.2, -0.15) is 5.10 Å². The Morgan fingerprint density at radius 2 is 2.35 bits per heavy atom. The molecule has 4 heteroatoms. The van der Waals surface area contributed by atoms with Gasteiger partial charge in [-0.1, -0.05) is 0 Å². The van der Waals surface area contributed by atoms with Crippen LogP contribution in [0, 0.1) is 6.92 Å². The van der Waals surface area contributed by atoms with Crippen LogP contribution < -0.4 is 0 Å². The van der Waals surface area contributed by atoms with Crippen LogP contribution in [-0.2, 0) is 13.6 Å². The van der Waals surface area contributed by atoms with Gasteiger partial charge in [0.2, 0.25) is 0 Å². The SMILES string of the molecule is Cc1c(CN2CCCC2CC(C)O)cnn1C. The number of hydrogen-bond acceptors (Lipinski definition) is 3. The van der Waals surface area contributed by atoms with Gasteiger partial charge in [-0.05, 0) is 39.7 Å². The third kappa shape index (κ3) is 2.87. The minimum absolute atomic E-state index is 0.199. The lowest BCUT2D eigenvalue weighted by molar-refractivity contribution is 0.130. The van der Waals surface area contributed by atoms with Crippen molar-refractivity contribution in [2.24, 2.45) is 7.05 Å². The molecule has 2 atom stereocenters. The Morgan fingerprint density at radius 1 is 1.59 bits per heavy atom. The molecule has 0 amide bonds. The van der Waals surface area contributed by atoms with Gasteiger partial charge in [-0.3, -0.25) is 9.58 Å². The lowest BCUT2D eigenvalue weighted by atomic mass is 10.1. The number of aliphatic hydroxyl groups excluding tert-OH is 1. The zero-order valence-corrected chi connectivity index (χ0v) is 11.1. The summed E-state index contributed by atoms with van der Waals surface area (Å²) in [6.07, 6.45) is 5.11. The number of rotatable bonds is 4. The molecule has 0 aliphatic carbocycles. The second kappa shape index (κ2) is 5.19. The summed E-state index contributed by atoms with van der Waals surface area (Å²) < 4.78 is 1.93. The molecule has 1 aromatic rings. The molecule has 1 fully saturated rings. The Morgan fingerprint density at radius 3 is 2.94 bits per heavy atom. The van der Waals surface area contributed by atoms with E-state index in [-0.39, 0.29) is 6.10 Å². The van der Waals surface area contributed by atoms with Crippen LogP contribution in [0.25, 0.3) is 0 Å². The van der Waals surface area contributed by atoms with Gasteiger partial charge >= 0.3 is 0 Å². The maximum Gasteiger partial charge on any atom is 0.0537 e. The topological polar surface area (TPSA) is 41.3 Å². The van der Waals surface area contributed by atoms with Crippen molar-refractivity contribution < 1.29 is 5.11 Å². The molecular formula is C13H23N3O. The normalized spacial score (nSPS) is 23.2. The molecule has 1 aromatic heterocycles. The summed E-state index contributed by atoms with van der Waals surface area (Å²) in [5, 5.41) is 13.8. The predicted molar refractivity (Wildman–Crippen MR) is 67.7 cm³/mol. The predicted octanol–water partition coefficient (Wildman–Crippen LogP) is 1.46. The molecule has 2 rings (SSSR count). The van der Waals surface area contributed by atoms with Crippen molar-refractivity contribution in [3.05, 3.63) is 17.5 Å². The van der Waals surface area contributed by atoms with Crippen molar-refractivity contribution in [3.8, 4) is 0 Å². The van der Waals surface area contributed by atoms with E-state index in [0.29, 0.717) is 6.04 Å². The largest absolute Gasteiger partial charge is 0.393 e. The van der Waals surface area contributed by atoms with Crippen molar-refractivity contribution in [1.29, 1.82) is 0 Å². The summed E-state index contributed by atoms with van der Waals surface area (Å²) in [5.74, 6) is 0. The Labute approximate surface area is 103 Å². The smallest absolute Gasteiger partial charge is 0.0537 e. The Kier molecular flexibility index (Phi) is 3.84. The number of aryl methyl sites for hydroxylation is 1. The Hall–Kier alpha value is -0.870. The maximum atomic E-state index is 9.51. The van der Waals surface area contributed by atoms with Gasteiger partial charge in [-0.25, -0.2) is 0 Å². The van der Waals surface area contributed by atoms with E-state index in [0.717, 1.165) is 19.5 Å². The van der Waals surface area contributed by atoms with E-state index in [4.69, 9.17) is 0 Å². The molecule has 96 valence electrons. The first-order valence-corrected chi connectivity index (χ1v) is 6.47. The fraction of sp³-hybridized carbons (Fsp3) is 0.769. The van der Waals surface area contributed by atoms with E-state index < -0.39 is 0 Å². The van der Waals surface area contributed by atoms with Crippen LogP contribution in [0.3, 0.4) is 0 Å². The number of aromatic nitrogens is 2. The van der Waals surface area contributed by atoms with Crippen molar-refractivity contribution in [1.82, 2.24) is 14.7 Å². The molecule has 17 heavy (non-hydrogen) atoms. The van der Waals surface area contributed by atoms with E-state index in [2.05, 4.69) is 16.9 Å². The highest BCUT2D eigenvalue weighted by Crippen LogP contribution is 2.24. The lowest BCUT2D eigenvalue weighted by Crippen LogP contribution is -2.31. The van der Waals surface area contributed by atoms with Gasteiger partial charge in [0, 0.05) is 30.9 Å². The fourth-order valence-corrected chi connectivity index (χ4v) is 2.68. The summed E-state index contributed by atoms with van der Waals surface area (Å²) >= 11 is 0. The lowest BCUT2D eigenvalue weighted by Gasteiger charge is -2.25. The second-order valence-electron chi connectivity index (χ2n) is 5.23. The highest BCUT2D eigenvalue weighted by molar-refractivity contribution is 5.16. The van der Waals surface area contributed by atoms with E-state index in [1.165, 1.54) is 24.1 Å². The van der Waals surface area contributed by atoms with Gasteiger partial charge in [0.1, 0.15) is 0 Å². The van der Waals surface area contributed by atoms with Gasteiger partial charge in [0.15, 0.2) is 0 Å². The average molecular weight is 237 g/mol. The zero-order chi connectivity index (χ0) is 12.4. The highest BCUT2D eigenvalue weighted by atomic mass is 16.3. The van der Waals surface area contributed by atoms with Crippen LogP contribution in [0.5, 0.6) is 0 Å². The summed E-state index contributed by atoms with van der Waals surface area (Å²) in [4.78, 5) is 2.48. The van der Waals surface area contributed by atoms with Crippen LogP contribution in [0.2, 0.25) is 0 Å². The molecule has 0 bridgehead atoms. The molecule has 4 nitrogen and oxygen atoms in total. The van der Waals surface area contributed by atoms with Crippen molar-refractivity contribution >= 4 is 0 Å². The van der Waals surface area contributed by atoms with Crippen LogP contribution >= 0.6 is 0 Å². The summed E-state index contributed by atoms with van der Waals surface area (Å²) in [5.41, 5.74) is 2.55. The molecule has 2 unspecified atom stereocenters. The van der Waals surface area contributed by atoms with Crippen molar-refractivity contribution in [2.75, 3.05) is 6.54 Å². The van der Waals surface area contributed by atoms with Crippen LogP contribution in [-0.4, -0.2) is 38.5 Å². The molecule has 0 saturated carbocycles. The summed E-state index contributed by atoms with van der Waals surface area (Å²) in [6, 6.07) is 0.537. The molecule has 0 spiro atoms. The van der Waals surface area contributed by atoms with Gasteiger partial charge in [0.05, 0.1) is 12.3 Å². The molecule has 1 aliphatic rings. The van der Waals surface area contributed by atoms with Crippen molar-refractivity contribution in [3.63, 3.8) is 0 Å². The summed E-state index contributed by atoms with van der Waals surface area (Å²) in [6.45, 7) is 6.11. The van der Waals surface area contributed by atoms with Gasteiger partial charge in [0.25, 0.3) is 0 Å². The van der Waals surface area contributed by atoms with Crippen LogP contribution in [0.15, 0.2) is 6.20 Å². The van der Waals surface area contributed by atoms with Crippen molar-refractivity contribution in [2.45, 2.75) is 51.8 Å². The number of likely N-dealkylation sites (tertiary alicyclic amines) is 1. The minimum atomic E-state index is -0.199. The van der Waals surface area contributed by atoms with E-state index in [1.807, 2.05) is 24.9 Å². The standard InChI is InChI=1S/C13H23N3O/c1-10(17)7-13-5-4-6-16(13)9-12-8-14-15(3)11(12)2/h8,10,13,17H,4-7,9H2,1-3H3. The van der Waals surface area contributed by atoms with E-state index >= 15 is 0 Å². The third-order valence-electron chi connectivity index (χ3n) is 3.82. The average Bonchev–Trinajstić information content (AvgIpc) is 2.80. The first-order chi connectivity index (χ1) is 8.08. The quantitative estimate of drug-likeness (QED) is 0.862. The van der Waals surface area contributed by atoms with E-state index in [9.17, 15) is 5.11 Å². The van der Waals surface area contributed by atoms with Crippen LogP contribution in [0.4, 0.5) is 0 Å². The first kappa shape index (κ1) is 12.6. The first-order valence-electron chi connectivity index (χ1n) is 6.47.